The number of hydrogen-bond donors (Lipinski definition) is 1. The number of likely N-dealkylation sites (N-methyl/N-ethyl adjacent to an activating group) is 1. The number of pyridine rings is 1. The molecule has 13 heteroatoms. The maximum Gasteiger partial charge on any atom is 0.267 e. The van der Waals surface area contributed by atoms with Crippen molar-refractivity contribution < 1.29 is 23.1 Å². The fourth-order valence-electron chi connectivity index (χ4n) is 3.93. The minimum absolute atomic E-state index is 0.0386. The van der Waals surface area contributed by atoms with Gasteiger partial charge in [0.25, 0.3) is 12.3 Å². The predicted octanol–water partition coefficient (Wildman–Crippen LogP) is 1.40. The van der Waals surface area contributed by atoms with Crippen LogP contribution in [0, 0.1) is 0 Å². The molecule has 2 amide bonds. The van der Waals surface area contributed by atoms with Gasteiger partial charge in [-0.05, 0) is 25.0 Å². The summed E-state index contributed by atoms with van der Waals surface area (Å²) in [6.07, 6.45) is 2.70. The molecular weight excluding hydrogens is 462 g/mol. The molecule has 0 bridgehead atoms. The van der Waals surface area contributed by atoms with Gasteiger partial charge in [0.05, 0.1) is 18.5 Å². The lowest BCUT2D eigenvalue weighted by Crippen LogP contribution is -2.47. The van der Waals surface area contributed by atoms with Gasteiger partial charge in [-0.15, -0.1) is 0 Å². The van der Waals surface area contributed by atoms with Gasteiger partial charge in [0, 0.05) is 45.1 Å². The van der Waals surface area contributed by atoms with Crippen LogP contribution < -0.4 is 10.6 Å². The van der Waals surface area contributed by atoms with Gasteiger partial charge in [0.2, 0.25) is 11.9 Å². The van der Waals surface area contributed by atoms with Crippen molar-refractivity contribution in [1.29, 1.82) is 0 Å². The first kappa shape index (κ1) is 24.4. The molecule has 1 fully saturated rings. The Morgan fingerprint density at radius 1 is 1.20 bits per heavy atom. The molecule has 2 N–H and O–H groups in total. The minimum atomic E-state index is -2.60. The molecule has 1 saturated heterocycles. The number of ether oxygens (including phenoxy) is 1. The summed E-state index contributed by atoms with van der Waals surface area (Å²) in [6.45, 7) is 1.83. The SMILES string of the molecule is CN(C(=O)COCCn1cnc2ccc(C(N)=O)nc21)C1CCN(c2ncc(C(F)F)cn2)CC1. The first-order valence-electron chi connectivity index (χ1n) is 11.1. The van der Waals surface area contributed by atoms with Crippen LogP contribution in [0.1, 0.15) is 35.3 Å². The third-order valence-electron chi connectivity index (χ3n) is 6.02. The molecule has 0 aromatic carbocycles. The Hall–Kier alpha value is -3.74. The molecule has 11 nitrogen and oxygen atoms in total. The number of aromatic nitrogens is 5. The maximum absolute atomic E-state index is 12.7. The fourth-order valence-corrected chi connectivity index (χ4v) is 3.93. The molecule has 4 rings (SSSR count). The number of carbonyl (C=O) groups excluding carboxylic acids is 2. The third kappa shape index (κ3) is 5.67. The Labute approximate surface area is 199 Å². The second-order valence-corrected chi connectivity index (χ2v) is 8.23. The Balaban J connectivity index is 1.22. The summed E-state index contributed by atoms with van der Waals surface area (Å²) in [7, 11) is 1.75. The van der Waals surface area contributed by atoms with Gasteiger partial charge >= 0.3 is 0 Å². The van der Waals surface area contributed by atoms with E-state index in [1.807, 2.05) is 4.90 Å². The molecule has 0 aliphatic carbocycles. The number of amides is 2. The highest BCUT2D eigenvalue weighted by Crippen LogP contribution is 2.22. The number of rotatable bonds is 9. The average molecular weight is 488 g/mol. The van der Waals surface area contributed by atoms with Gasteiger partial charge in [-0.3, -0.25) is 9.59 Å². The summed E-state index contributed by atoms with van der Waals surface area (Å²) in [5, 5.41) is 0. The number of fused-ring (bicyclic) bond motifs is 1. The Morgan fingerprint density at radius 3 is 2.57 bits per heavy atom. The summed E-state index contributed by atoms with van der Waals surface area (Å²) in [5.74, 6) is -0.340. The van der Waals surface area contributed by atoms with Crippen LogP contribution in [0.5, 0.6) is 0 Å². The normalized spacial score (nSPS) is 14.6. The molecule has 0 spiro atoms. The molecule has 1 aliphatic rings. The smallest absolute Gasteiger partial charge is 0.267 e. The Kier molecular flexibility index (Phi) is 7.44. The van der Waals surface area contributed by atoms with Crippen molar-refractivity contribution >= 4 is 28.9 Å². The lowest BCUT2D eigenvalue weighted by atomic mass is 10.0. The van der Waals surface area contributed by atoms with E-state index in [-0.39, 0.29) is 36.4 Å². The first-order chi connectivity index (χ1) is 16.8. The summed E-state index contributed by atoms with van der Waals surface area (Å²) >= 11 is 0. The molecule has 186 valence electrons. The number of nitrogens with zero attached hydrogens (tertiary/aromatic N) is 7. The van der Waals surface area contributed by atoms with Gasteiger partial charge in [-0.1, -0.05) is 0 Å². The van der Waals surface area contributed by atoms with Gasteiger partial charge in [-0.25, -0.2) is 28.7 Å². The van der Waals surface area contributed by atoms with Crippen molar-refractivity contribution in [3.8, 4) is 0 Å². The Morgan fingerprint density at radius 2 is 1.91 bits per heavy atom. The van der Waals surface area contributed by atoms with Crippen LogP contribution in [-0.2, 0) is 16.1 Å². The second-order valence-electron chi connectivity index (χ2n) is 8.23. The summed E-state index contributed by atoms with van der Waals surface area (Å²) < 4.78 is 32.7. The van der Waals surface area contributed by atoms with Crippen molar-refractivity contribution in [2.45, 2.75) is 31.9 Å². The number of imidazole rings is 1. The highest BCUT2D eigenvalue weighted by molar-refractivity contribution is 5.92. The van der Waals surface area contributed by atoms with Gasteiger partial charge in [0.1, 0.15) is 17.8 Å². The lowest BCUT2D eigenvalue weighted by molar-refractivity contribution is -0.137. The van der Waals surface area contributed by atoms with Gasteiger partial charge in [0.15, 0.2) is 5.65 Å². The highest BCUT2D eigenvalue weighted by atomic mass is 19.3. The molecule has 0 atom stereocenters. The van der Waals surface area contributed by atoms with Crippen molar-refractivity contribution in [3.63, 3.8) is 0 Å². The Bertz CT molecular complexity index is 1180. The molecule has 4 heterocycles. The number of anilines is 1. The molecule has 3 aromatic heterocycles. The standard InChI is InChI=1S/C22H26F2N8O3/c1-30(15-4-6-31(7-5-15)22-26-10-14(11-27-22)19(23)24)18(33)12-35-9-8-32-13-28-17-3-2-16(20(25)34)29-21(17)32/h2-3,10-11,13,15,19H,4-9,12H2,1H3,(H2,25,34). The van der Waals surface area contributed by atoms with Crippen LogP contribution in [0.2, 0.25) is 0 Å². The number of piperidine rings is 1. The molecule has 35 heavy (non-hydrogen) atoms. The van der Waals surface area contributed by atoms with Crippen molar-refractivity contribution in [1.82, 2.24) is 29.4 Å². The third-order valence-corrected chi connectivity index (χ3v) is 6.02. The number of hydrogen-bond acceptors (Lipinski definition) is 8. The van der Waals surface area contributed by atoms with Gasteiger partial charge < -0.3 is 24.8 Å². The number of alkyl halides is 2. The van der Waals surface area contributed by atoms with E-state index in [4.69, 9.17) is 10.5 Å². The van der Waals surface area contributed by atoms with E-state index in [1.54, 1.807) is 28.9 Å². The van der Waals surface area contributed by atoms with Crippen LogP contribution in [0.3, 0.4) is 0 Å². The summed E-state index contributed by atoms with van der Waals surface area (Å²) in [4.78, 5) is 44.1. The van der Waals surface area contributed by atoms with Crippen LogP contribution in [-0.4, -0.2) is 80.6 Å². The quantitative estimate of drug-likeness (QED) is 0.447. The van der Waals surface area contributed by atoms with Crippen LogP contribution in [0.15, 0.2) is 30.9 Å². The van der Waals surface area contributed by atoms with E-state index in [0.29, 0.717) is 49.6 Å². The molecule has 1 aliphatic heterocycles. The lowest BCUT2D eigenvalue weighted by Gasteiger charge is -2.36. The van der Waals surface area contributed by atoms with Crippen molar-refractivity contribution in [2.75, 3.05) is 38.3 Å². The molecule has 0 radical (unpaired) electrons. The topological polar surface area (TPSA) is 132 Å². The van der Waals surface area contributed by atoms with Crippen LogP contribution in [0.25, 0.3) is 11.2 Å². The van der Waals surface area contributed by atoms with E-state index in [1.165, 1.54) is 6.07 Å². The van der Waals surface area contributed by atoms with Crippen molar-refractivity contribution in [3.05, 3.63) is 42.1 Å². The number of primary amides is 1. The first-order valence-corrected chi connectivity index (χ1v) is 11.1. The van der Waals surface area contributed by atoms with Crippen LogP contribution >= 0.6 is 0 Å². The fraction of sp³-hybridized carbons (Fsp3) is 0.455. The molecule has 0 unspecified atom stereocenters. The predicted molar refractivity (Wildman–Crippen MR) is 122 cm³/mol. The van der Waals surface area contributed by atoms with Gasteiger partial charge in [-0.2, -0.15) is 0 Å². The zero-order valence-electron chi connectivity index (χ0n) is 19.2. The maximum atomic E-state index is 12.7. The number of nitrogens with two attached hydrogens (primary N) is 1. The van der Waals surface area contributed by atoms with E-state index < -0.39 is 12.3 Å². The zero-order valence-corrected chi connectivity index (χ0v) is 19.2. The second kappa shape index (κ2) is 10.7. The molecular formula is C22H26F2N8O3. The molecule has 3 aromatic rings. The van der Waals surface area contributed by atoms with E-state index in [9.17, 15) is 18.4 Å². The zero-order chi connectivity index (χ0) is 24.9. The monoisotopic (exact) mass is 488 g/mol. The van der Waals surface area contributed by atoms with Crippen molar-refractivity contribution in [2.24, 2.45) is 5.73 Å². The van der Waals surface area contributed by atoms with E-state index in [0.717, 1.165) is 12.4 Å². The average Bonchev–Trinajstić information content (AvgIpc) is 3.28. The summed E-state index contributed by atoms with van der Waals surface area (Å²) in [6, 6.07) is 3.23. The molecule has 0 saturated carbocycles. The highest BCUT2D eigenvalue weighted by Gasteiger charge is 2.26. The summed E-state index contributed by atoms with van der Waals surface area (Å²) in [5.41, 5.74) is 6.39. The van der Waals surface area contributed by atoms with E-state index in [2.05, 4.69) is 19.9 Å². The number of halogens is 2. The van der Waals surface area contributed by atoms with Crippen LogP contribution in [0.4, 0.5) is 14.7 Å². The largest absolute Gasteiger partial charge is 0.370 e. The minimum Gasteiger partial charge on any atom is -0.370 e. The number of carbonyl (C=O) groups is 2. The van der Waals surface area contributed by atoms with E-state index >= 15 is 0 Å².